The van der Waals surface area contributed by atoms with Crippen LogP contribution in [0.4, 0.5) is 5.69 Å². The van der Waals surface area contributed by atoms with Crippen LogP contribution in [-0.2, 0) is 12.8 Å². The van der Waals surface area contributed by atoms with E-state index in [1.54, 1.807) is 0 Å². The van der Waals surface area contributed by atoms with Crippen molar-refractivity contribution in [3.63, 3.8) is 0 Å². The Balaban J connectivity index is 2.41. The van der Waals surface area contributed by atoms with Gasteiger partial charge in [-0.3, -0.25) is 4.40 Å². The van der Waals surface area contributed by atoms with E-state index in [1.807, 2.05) is 6.07 Å². The number of aromatic nitrogens is 2. The molecule has 3 rings (SSSR count). The van der Waals surface area contributed by atoms with Gasteiger partial charge in [-0.2, -0.15) is 0 Å². The third kappa shape index (κ3) is 1.16. The fourth-order valence-electron chi connectivity index (χ4n) is 2.47. The fourth-order valence-corrected chi connectivity index (χ4v) is 2.47. The van der Waals surface area contributed by atoms with Crippen LogP contribution < -0.4 is 5.73 Å². The van der Waals surface area contributed by atoms with Crippen LogP contribution in [0.25, 0.3) is 5.65 Å². The lowest BCUT2D eigenvalue weighted by Crippen LogP contribution is -2.05. The SMILES string of the molecule is Cc1ccc(N)c2nc3c(n12)CCCC3. The summed E-state index contributed by atoms with van der Waals surface area (Å²) in [6.45, 7) is 2.11. The van der Waals surface area contributed by atoms with Crippen LogP contribution in [0, 0.1) is 6.92 Å². The summed E-state index contributed by atoms with van der Waals surface area (Å²) >= 11 is 0. The third-order valence-corrected chi connectivity index (χ3v) is 3.25. The number of hydrogen-bond donors (Lipinski definition) is 1. The molecule has 0 fully saturated rings. The number of pyridine rings is 1. The molecule has 0 aliphatic heterocycles. The Morgan fingerprint density at radius 1 is 1.27 bits per heavy atom. The third-order valence-electron chi connectivity index (χ3n) is 3.25. The highest BCUT2D eigenvalue weighted by atomic mass is 15.0. The van der Waals surface area contributed by atoms with Gasteiger partial charge in [-0.25, -0.2) is 4.98 Å². The molecule has 15 heavy (non-hydrogen) atoms. The molecule has 1 aliphatic rings. The molecule has 0 amide bonds. The van der Waals surface area contributed by atoms with E-state index in [0.717, 1.165) is 24.2 Å². The molecule has 0 atom stereocenters. The second-order valence-corrected chi connectivity index (χ2v) is 4.30. The molecule has 3 heteroatoms. The van der Waals surface area contributed by atoms with Crippen LogP contribution in [0.1, 0.15) is 29.9 Å². The summed E-state index contributed by atoms with van der Waals surface area (Å²) in [6.07, 6.45) is 4.78. The molecule has 2 aromatic heterocycles. The van der Waals surface area contributed by atoms with Crippen molar-refractivity contribution in [1.29, 1.82) is 0 Å². The number of imidazole rings is 1. The summed E-state index contributed by atoms with van der Waals surface area (Å²) in [4.78, 5) is 4.65. The minimum absolute atomic E-state index is 0.787. The maximum Gasteiger partial charge on any atom is 0.160 e. The first kappa shape index (κ1) is 8.77. The lowest BCUT2D eigenvalue weighted by molar-refractivity contribution is 0.658. The van der Waals surface area contributed by atoms with Gasteiger partial charge in [0, 0.05) is 11.4 Å². The van der Waals surface area contributed by atoms with Crippen molar-refractivity contribution < 1.29 is 0 Å². The lowest BCUT2D eigenvalue weighted by Gasteiger charge is -2.11. The van der Waals surface area contributed by atoms with Gasteiger partial charge in [0.15, 0.2) is 5.65 Å². The number of nitrogens with zero attached hydrogens (tertiary/aromatic N) is 2. The minimum Gasteiger partial charge on any atom is -0.396 e. The molecule has 3 nitrogen and oxygen atoms in total. The van der Waals surface area contributed by atoms with Gasteiger partial charge in [-0.05, 0) is 44.7 Å². The molecule has 0 saturated carbocycles. The maximum atomic E-state index is 5.95. The highest BCUT2D eigenvalue weighted by molar-refractivity contribution is 5.66. The summed E-state index contributed by atoms with van der Waals surface area (Å²) in [6, 6.07) is 4.02. The van der Waals surface area contributed by atoms with Crippen LogP contribution in [0.5, 0.6) is 0 Å². The molecule has 0 saturated heterocycles. The molecule has 0 bridgehead atoms. The molecule has 0 unspecified atom stereocenters. The molecule has 0 radical (unpaired) electrons. The van der Waals surface area contributed by atoms with E-state index in [4.69, 9.17) is 5.73 Å². The Labute approximate surface area is 88.9 Å². The highest BCUT2D eigenvalue weighted by Crippen LogP contribution is 2.26. The largest absolute Gasteiger partial charge is 0.396 e. The average Bonchev–Trinajstić information content (AvgIpc) is 2.64. The predicted molar refractivity (Wildman–Crippen MR) is 61.0 cm³/mol. The first-order chi connectivity index (χ1) is 7.27. The van der Waals surface area contributed by atoms with Crippen LogP contribution >= 0.6 is 0 Å². The summed E-state index contributed by atoms with van der Waals surface area (Å²) in [5.41, 5.74) is 11.5. The normalized spacial score (nSPS) is 15.5. The number of fused-ring (bicyclic) bond motifs is 3. The van der Waals surface area contributed by atoms with Crippen molar-refractivity contribution >= 4 is 11.3 Å². The van der Waals surface area contributed by atoms with Gasteiger partial charge >= 0.3 is 0 Å². The topological polar surface area (TPSA) is 43.3 Å². The molecule has 2 N–H and O–H groups in total. The van der Waals surface area contributed by atoms with Crippen molar-refractivity contribution in [3.05, 3.63) is 29.2 Å². The standard InChI is InChI=1S/C12H15N3/c1-8-6-7-9(13)12-14-10-4-2-3-5-11(10)15(8)12/h6-7H,2-5,13H2,1H3. The molecular formula is C12H15N3. The summed E-state index contributed by atoms with van der Waals surface area (Å²) in [7, 11) is 0. The van der Waals surface area contributed by atoms with Gasteiger partial charge in [0.1, 0.15) is 0 Å². The Hall–Kier alpha value is -1.51. The number of nitrogen functional groups attached to an aromatic ring is 1. The van der Waals surface area contributed by atoms with E-state index in [1.165, 1.54) is 29.9 Å². The summed E-state index contributed by atoms with van der Waals surface area (Å²) < 4.78 is 2.23. The van der Waals surface area contributed by atoms with Crippen LogP contribution in [-0.4, -0.2) is 9.38 Å². The van der Waals surface area contributed by atoms with E-state index in [9.17, 15) is 0 Å². The Morgan fingerprint density at radius 2 is 2.07 bits per heavy atom. The molecule has 0 spiro atoms. The molecule has 2 aromatic rings. The monoisotopic (exact) mass is 201 g/mol. The first-order valence-corrected chi connectivity index (χ1v) is 5.52. The number of rotatable bonds is 0. The fraction of sp³-hybridized carbons (Fsp3) is 0.417. The van der Waals surface area contributed by atoms with Crippen molar-refractivity contribution in [2.45, 2.75) is 32.6 Å². The van der Waals surface area contributed by atoms with E-state index >= 15 is 0 Å². The predicted octanol–water partition coefficient (Wildman–Crippen LogP) is 2.10. The molecule has 0 aromatic carbocycles. The summed E-state index contributed by atoms with van der Waals surface area (Å²) in [5.74, 6) is 0. The quantitative estimate of drug-likeness (QED) is 0.709. The minimum atomic E-state index is 0.787. The second kappa shape index (κ2) is 2.99. The van der Waals surface area contributed by atoms with Gasteiger partial charge in [0.2, 0.25) is 0 Å². The van der Waals surface area contributed by atoms with E-state index in [0.29, 0.717) is 0 Å². The molecule has 1 aliphatic carbocycles. The molecular weight excluding hydrogens is 186 g/mol. The number of hydrogen-bond acceptors (Lipinski definition) is 2. The second-order valence-electron chi connectivity index (χ2n) is 4.30. The van der Waals surface area contributed by atoms with Crippen molar-refractivity contribution in [2.75, 3.05) is 5.73 Å². The van der Waals surface area contributed by atoms with Crippen molar-refractivity contribution in [1.82, 2.24) is 9.38 Å². The van der Waals surface area contributed by atoms with E-state index in [-0.39, 0.29) is 0 Å². The van der Waals surface area contributed by atoms with Gasteiger partial charge in [-0.1, -0.05) is 0 Å². The van der Waals surface area contributed by atoms with Gasteiger partial charge < -0.3 is 5.73 Å². The highest BCUT2D eigenvalue weighted by Gasteiger charge is 2.17. The average molecular weight is 201 g/mol. The Kier molecular flexibility index (Phi) is 1.75. The van der Waals surface area contributed by atoms with Crippen molar-refractivity contribution in [2.24, 2.45) is 0 Å². The van der Waals surface area contributed by atoms with Gasteiger partial charge in [-0.15, -0.1) is 0 Å². The number of anilines is 1. The van der Waals surface area contributed by atoms with Gasteiger partial charge in [0.05, 0.1) is 11.4 Å². The van der Waals surface area contributed by atoms with Crippen LogP contribution in [0.3, 0.4) is 0 Å². The summed E-state index contributed by atoms with van der Waals surface area (Å²) in [5, 5.41) is 0. The van der Waals surface area contributed by atoms with Crippen LogP contribution in [0.15, 0.2) is 12.1 Å². The number of nitrogens with two attached hydrogens (primary N) is 1. The molecule has 78 valence electrons. The first-order valence-electron chi connectivity index (χ1n) is 5.52. The van der Waals surface area contributed by atoms with Crippen LogP contribution in [0.2, 0.25) is 0 Å². The molecule has 2 heterocycles. The van der Waals surface area contributed by atoms with E-state index < -0.39 is 0 Å². The zero-order chi connectivity index (χ0) is 10.4. The zero-order valence-corrected chi connectivity index (χ0v) is 8.95. The van der Waals surface area contributed by atoms with Gasteiger partial charge in [0.25, 0.3) is 0 Å². The maximum absolute atomic E-state index is 5.95. The zero-order valence-electron chi connectivity index (χ0n) is 8.95. The van der Waals surface area contributed by atoms with E-state index in [2.05, 4.69) is 22.4 Å². The smallest absolute Gasteiger partial charge is 0.160 e. The number of aryl methyl sites for hydroxylation is 3. The Morgan fingerprint density at radius 3 is 2.93 bits per heavy atom. The Bertz CT molecular complexity index is 525. The van der Waals surface area contributed by atoms with Crippen molar-refractivity contribution in [3.8, 4) is 0 Å². The lowest BCUT2D eigenvalue weighted by atomic mass is 10.0.